The molecule has 234 valence electrons. The molecule has 0 aliphatic carbocycles. The van der Waals surface area contributed by atoms with Gasteiger partial charge in [-0.1, -0.05) is 35.9 Å². The fourth-order valence-electron chi connectivity index (χ4n) is 6.18. The van der Waals surface area contributed by atoms with Crippen LogP contribution in [0.15, 0.2) is 66.7 Å². The number of hydrogen-bond donors (Lipinski definition) is 1. The average Bonchev–Trinajstić information content (AvgIpc) is 3.00. The molecule has 11 heteroatoms. The van der Waals surface area contributed by atoms with Gasteiger partial charge in [0.25, 0.3) is 0 Å². The molecule has 2 fully saturated rings. The van der Waals surface area contributed by atoms with E-state index in [-0.39, 0.29) is 44.2 Å². The molecule has 1 N–H and O–H groups in total. The summed E-state index contributed by atoms with van der Waals surface area (Å²) in [7, 11) is 3.05. The van der Waals surface area contributed by atoms with Gasteiger partial charge in [-0.15, -0.1) is 13.2 Å². The van der Waals surface area contributed by atoms with Crippen molar-refractivity contribution in [3.63, 3.8) is 0 Å². The van der Waals surface area contributed by atoms with E-state index < -0.39 is 29.7 Å². The Kier molecular flexibility index (Phi) is 8.78. The third-order valence-electron chi connectivity index (χ3n) is 8.48. The van der Waals surface area contributed by atoms with Crippen LogP contribution in [0.2, 0.25) is 0 Å². The number of rotatable bonds is 7. The van der Waals surface area contributed by atoms with Gasteiger partial charge in [-0.25, -0.2) is 0 Å². The minimum Gasteiger partial charge on any atom is -0.493 e. The molecule has 2 aliphatic rings. The highest BCUT2D eigenvalue weighted by molar-refractivity contribution is 5.97. The van der Waals surface area contributed by atoms with Crippen LogP contribution in [0.4, 0.5) is 18.9 Å². The maximum absolute atomic E-state index is 14.2. The third-order valence-corrected chi connectivity index (χ3v) is 8.48. The molecule has 2 unspecified atom stereocenters. The Labute approximate surface area is 253 Å². The zero-order valence-corrected chi connectivity index (χ0v) is 24.8. The molecule has 2 heterocycles. The zero-order chi connectivity index (χ0) is 31.6. The first kappa shape index (κ1) is 31.2. The monoisotopic (exact) mass is 612 g/mol. The quantitative estimate of drug-likeness (QED) is 0.357. The van der Waals surface area contributed by atoms with Gasteiger partial charge in [-0.05, 0) is 73.7 Å². The molecule has 0 aromatic heterocycles. The highest BCUT2D eigenvalue weighted by Gasteiger charge is 2.45. The van der Waals surface area contributed by atoms with Gasteiger partial charge in [0.1, 0.15) is 5.75 Å². The van der Waals surface area contributed by atoms with Gasteiger partial charge >= 0.3 is 6.36 Å². The highest BCUT2D eigenvalue weighted by atomic mass is 19.4. The summed E-state index contributed by atoms with van der Waals surface area (Å²) in [4.78, 5) is 31.0. The molecule has 0 saturated carbocycles. The molecule has 2 saturated heterocycles. The number of nitrogens with zero attached hydrogens (tertiary/aromatic N) is 2. The van der Waals surface area contributed by atoms with Crippen LogP contribution in [0.25, 0.3) is 0 Å². The van der Waals surface area contributed by atoms with Crippen molar-refractivity contribution in [1.82, 2.24) is 4.90 Å². The first-order chi connectivity index (χ1) is 20.9. The van der Waals surface area contributed by atoms with E-state index in [1.807, 2.05) is 37.3 Å². The number of amides is 2. The second-order valence-corrected chi connectivity index (χ2v) is 11.2. The summed E-state index contributed by atoms with van der Waals surface area (Å²) < 4.78 is 53.3. The summed E-state index contributed by atoms with van der Waals surface area (Å²) >= 11 is 0. The molecule has 2 aliphatic heterocycles. The minimum absolute atomic E-state index is 0.105. The molecular weight excluding hydrogens is 577 g/mol. The zero-order valence-electron chi connectivity index (χ0n) is 24.8. The SMILES string of the molecule is COc1ccc(C2C(C(=O)N3CCC(O)(c4cccc(OC(F)(F)F)c4)CC3)CCC(=O)N2c2ccc(C)cc2)cc1OC. The number of hydrogen-bond acceptors (Lipinski definition) is 6. The summed E-state index contributed by atoms with van der Waals surface area (Å²) in [5.74, 6) is -0.289. The fourth-order valence-corrected chi connectivity index (χ4v) is 6.18. The number of aliphatic hydroxyl groups is 1. The molecule has 3 aromatic carbocycles. The number of benzene rings is 3. The van der Waals surface area contributed by atoms with Crippen molar-refractivity contribution >= 4 is 17.5 Å². The topological polar surface area (TPSA) is 88.5 Å². The van der Waals surface area contributed by atoms with Crippen molar-refractivity contribution in [2.24, 2.45) is 5.92 Å². The van der Waals surface area contributed by atoms with Gasteiger partial charge in [0.05, 0.1) is 31.8 Å². The lowest BCUT2D eigenvalue weighted by Crippen LogP contribution is -2.52. The van der Waals surface area contributed by atoms with E-state index in [0.717, 1.165) is 5.56 Å². The van der Waals surface area contributed by atoms with Crippen molar-refractivity contribution in [3.8, 4) is 17.2 Å². The van der Waals surface area contributed by atoms with E-state index in [4.69, 9.17) is 9.47 Å². The Hall–Kier alpha value is -4.25. The molecule has 8 nitrogen and oxygen atoms in total. The van der Waals surface area contributed by atoms with Gasteiger partial charge in [0.15, 0.2) is 11.5 Å². The van der Waals surface area contributed by atoms with E-state index in [2.05, 4.69) is 4.74 Å². The molecule has 2 amide bonds. The van der Waals surface area contributed by atoms with Gasteiger partial charge in [0.2, 0.25) is 11.8 Å². The van der Waals surface area contributed by atoms with Crippen molar-refractivity contribution < 1.29 is 42.1 Å². The molecular formula is C33H35F3N2O6. The maximum Gasteiger partial charge on any atom is 0.573 e. The number of methoxy groups -OCH3 is 2. The first-order valence-corrected chi connectivity index (χ1v) is 14.4. The molecule has 0 radical (unpaired) electrons. The minimum atomic E-state index is -4.85. The number of likely N-dealkylation sites (tertiary alicyclic amines) is 1. The predicted molar refractivity (Wildman–Crippen MR) is 157 cm³/mol. The van der Waals surface area contributed by atoms with Crippen LogP contribution >= 0.6 is 0 Å². The number of carbonyl (C=O) groups excluding carboxylic acids is 2. The van der Waals surface area contributed by atoms with Crippen LogP contribution < -0.4 is 19.1 Å². The van der Waals surface area contributed by atoms with Crippen LogP contribution in [0.1, 0.15) is 48.4 Å². The molecule has 44 heavy (non-hydrogen) atoms. The molecule has 0 spiro atoms. The Morgan fingerprint density at radius 1 is 0.955 bits per heavy atom. The summed E-state index contributed by atoms with van der Waals surface area (Å²) in [5.41, 5.74) is 1.28. The van der Waals surface area contributed by atoms with Gasteiger partial charge in [-0.2, -0.15) is 0 Å². The molecule has 3 aromatic rings. The van der Waals surface area contributed by atoms with Gasteiger partial charge in [0, 0.05) is 25.2 Å². The summed E-state index contributed by atoms with van der Waals surface area (Å²) in [5, 5.41) is 11.4. The normalized spacial score (nSPS) is 20.3. The Morgan fingerprint density at radius 2 is 1.64 bits per heavy atom. The fraction of sp³-hybridized carbons (Fsp3) is 0.394. The van der Waals surface area contributed by atoms with E-state index in [1.54, 1.807) is 28.0 Å². The third kappa shape index (κ3) is 6.47. The van der Waals surface area contributed by atoms with E-state index in [1.165, 1.54) is 32.4 Å². The predicted octanol–water partition coefficient (Wildman–Crippen LogP) is 5.91. The first-order valence-electron chi connectivity index (χ1n) is 14.4. The standard InChI is InChI=1S/C33H35F3N2O6/c1-21-7-10-24(11-8-21)38-29(39)14-12-26(30(38)22-9-13-27(42-2)28(19-22)43-3)31(40)37-17-15-32(41,16-18-37)23-5-4-6-25(20-23)44-33(34,35)36/h4-11,13,19-20,26,30,41H,12,14-18H2,1-3H3. The lowest BCUT2D eigenvalue weighted by molar-refractivity contribution is -0.274. The smallest absolute Gasteiger partial charge is 0.493 e. The lowest BCUT2D eigenvalue weighted by Gasteiger charge is -2.44. The van der Waals surface area contributed by atoms with Crippen molar-refractivity contribution in [2.75, 3.05) is 32.2 Å². The number of aryl methyl sites for hydroxylation is 1. The van der Waals surface area contributed by atoms with Crippen LogP contribution in [-0.4, -0.2) is 55.5 Å². The number of carbonyl (C=O) groups is 2. The number of anilines is 1. The largest absolute Gasteiger partial charge is 0.573 e. The van der Waals surface area contributed by atoms with Crippen molar-refractivity contribution in [2.45, 2.75) is 50.6 Å². The van der Waals surface area contributed by atoms with Crippen LogP contribution in [-0.2, 0) is 15.2 Å². The molecule has 0 bridgehead atoms. The Bertz CT molecular complexity index is 1500. The van der Waals surface area contributed by atoms with Crippen LogP contribution in [0.3, 0.4) is 0 Å². The molecule has 5 rings (SSSR count). The second-order valence-electron chi connectivity index (χ2n) is 11.2. The number of piperidine rings is 2. The van der Waals surface area contributed by atoms with Crippen molar-refractivity contribution in [1.29, 1.82) is 0 Å². The Balaban J connectivity index is 1.43. The maximum atomic E-state index is 14.2. The number of halogens is 3. The number of alkyl halides is 3. The summed E-state index contributed by atoms with van der Waals surface area (Å²) in [6.07, 6.45) is -4.09. The van der Waals surface area contributed by atoms with E-state index >= 15 is 0 Å². The van der Waals surface area contributed by atoms with Crippen molar-refractivity contribution in [3.05, 3.63) is 83.4 Å². The number of ether oxygens (including phenoxy) is 3. The summed E-state index contributed by atoms with van der Waals surface area (Å²) in [6, 6.07) is 17.6. The second kappa shape index (κ2) is 12.4. The highest BCUT2D eigenvalue weighted by Crippen LogP contribution is 2.44. The summed E-state index contributed by atoms with van der Waals surface area (Å²) in [6.45, 7) is 2.33. The Morgan fingerprint density at radius 3 is 2.27 bits per heavy atom. The van der Waals surface area contributed by atoms with Gasteiger partial charge in [-0.3, -0.25) is 9.59 Å². The van der Waals surface area contributed by atoms with E-state index in [0.29, 0.717) is 34.7 Å². The average molecular weight is 613 g/mol. The van der Waals surface area contributed by atoms with Crippen LogP contribution in [0, 0.1) is 12.8 Å². The van der Waals surface area contributed by atoms with Gasteiger partial charge < -0.3 is 29.1 Å². The molecule has 2 atom stereocenters. The lowest BCUT2D eigenvalue weighted by atomic mass is 9.80. The van der Waals surface area contributed by atoms with Crippen LogP contribution in [0.5, 0.6) is 17.2 Å². The van der Waals surface area contributed by atoms with E-state index in [9.17, 15) is 27.9 Å².